The molecule has 0 saturated carbocycles. The van der Waals surface area contributed by atoms with Gasteiger partial charge in [-0.25, -0.2) is 0 Å². The summed E-state index contributed by atoms with van der Waals surface area (Å²) in [6.45, 7) is 1.98. The molecule has 1 saturated heterocycles. The normalized spacial score (nSPS) is 20.9. The first-order valence-corrected chi connectivity index (χ1v) is 8.47. The van der Waals surface area contributed by atoms with Crippen molar-refractivity contribution in [2.24, 2.45) is 5.92 Å². The van der Waals surface area contributed by atoms with Gasteiger partial charge in [0.05, 0.1) is 13.1 Å². The summed E-state index contributed by atoms with van der Waals surface area (Å²) in [5, 5.41) is 21.0. The van der Waals surface area contributed by atoms with Crippen LogP contribution in [0.1, 0.15) is 29.9 Å². The second-order valence-electron chi connectivity index (χ2n) is 6.55. The van der Waals surface area contributed by atoms with Gasteiger partial charge in [0.15, 0.2) is 11.2 Å². The van der Waals surface area contributed by atoms with Crippen LogP contribution in [-0.4, -0.2) is 18.2 Å². The highest BCUT2D eigenvalue weighted by Crippen LogP contribution is 2.17. The molecule has 1 aliphatic heterocycles. The molecule has 0 radical (unpaired) electrons. The Hall–Kier alpha value is -2.11. The molecule has 0 atom stereocenters. The van der Waals surface area contributed by atoms with Crippen molar-refractivity contribution in [1.82, 2.24) is 0 Å². The van der Waals surface area contributed by atoms with Gasteiger partial charge in [0.2, 0.25) is 0 Å². The number of aliphatic hydroxyl groups is 1. The number of aliphatic hydroxyl groups excluding tert-OH is 1. The van der Waals surface area contributed by atoms with Gasteiger partial charge in [0.25, 0.3) is 0 Å². The number of rotatable bonds is 5. The molecule has 1 aromatic carbocycles. The van der Waals surface area contributed by atoms with E-state index in [1.54, 1.807) is 0 Å². The monoisotopic (exact) mass is 329 g/mol. The van der Waals surface area contributed by atoms with E-state index in [9.17, 15) is 9.90 Å². The molecule has 0 spiro atoms. The number of hydrogen-bond acceptors (Lipinski definition) is 4. The summed E-state index contributed by atoms with van der Waals surface area (Å²) in [7, 11) is 0. The van der Waals surface area contributed by atoms with Crippen molar-refractivity contribution in [2.75, 3.05) is 13.1 Å². The summed E-state index contributed by atoms with van der Waals surface area (Å²) in [6, 6.07) is 11.6. The van der Waals surface area contributed by atoms with Crippen LogP contribution in [0.4, 0.5) is 0 Å². The summed E-state index contributed by atoms with van der Waals surface area (Å²) < 4.78 is 5.38. The Morgan fingerprint density at radius 3 is 2.58 bits per heavy atom. The summed E-state index contributed by atoms with van der Waals surface area (Å²) >= 11 is 0. The molecule has 128 valence electrons. The van der Waals surface area contributed by atoms with E-state index in [4.69, 9.17) is 9.52 Å². The minimum absolute atomic E-state index is 0.160. The zero-order chi connectivity index (χ0) is 16.9. The molecular formula is C19H23NO4. The maximum absolute atomic E-state index is 11.9. The van der Waals surface area contributed by atoms with Gasteiger partial charge in [-0.2, -0.15) is 0 Å². The Bertz CT molecular complexity index is 718. The van der Waals surface area contributed by atoms with E-state index in [1.165, 1.54) is 10.5 Å². The number of benzene rings is 1. The van der Waals surface area contributed by atoms with Gasteiger partial charge < -0.3 is 19.5 Å². The van der Waals surface area contributed by atoms with Gasteiger partial charge in [0.1, 0.15) is 18.9 Å². The predicted molar refractivity (Wildman–Crippen MR) is 87.6 cm³/mol. The van der Waals surface area contributed by atoms with Crippen molar-refractivity contribution in [2.45, 2.75) is 32.4 Å². The van der Waals surface area contributed by atoms with Crippen molar-refractivity contribution in [3.63, 3.8) is 0 Å². The molecule has 1 fully saturated rings. The fourth-order valence-electron chi connectivity index (χ4n) is 3.42. The molecule has 2 N–H and O–H groups in total. The number of piperidine rings is 1. The highest BCUT2D eigenvalue weighted by Gasteiger charge is 2.23. The van der Waals surface area contributed by atoms with Crippen LogP contribution in [0.5, 0.6) is 5.75 Å². The first-order chi connectivity index (χ1) is 11.7. The number of quaternary nitrogens is 1. The van der Waals surface area contributed by atoms with E-state index < -0.39 is 11.2 Å². The Morgan fingerprint density at radius 1 is 1.21 bits per heavy atom. The number of nitrogens with one attached hydrogen (secondary N) is 1. The lowest BCUT2D eigenvalue weighted by Crippen LogP contribution is -3.11. The molecule has 5 nitrogen and oxygen atoms in total. The quantitative estimate of drug-likeness (QED) is 0.824. The van der Waals surface area contributed by atoms with Gasteiger partial charge in [-0.3, -0.25) is 4.79 Å². The molecule has 24 heavy (non-hydrogen) atoms. The van der Waals surface area contributed by atoms with Crippen molar-refractivity contribution < 1.29 is 19.5 Å². The molecule has 0 unspecified atom stereocenters. The van der Waals surface area contributed by atoms with Crippen molar-refractivity contribution in [3.05, 3.63) is 63.7 Å². The Balaban J connectivity index is 1.58. The van der Waals surface area contributed by atoms with Gasteiger partial charge in [-0.05, 0) is 36.5 Å². The maximum Gasteiger partial charge on any atom is 0.177 e. The maximum atomic E-state index is 11.9. The van der Waals surface area contributed by atoms with Crippen LogP contribution < -0.4 is 15.4 Å². The van der Waals surface area contributed by atoms with Crippen molar-refractivity contribution in [1.29, 1.82) is 0 Å². The molecule has 2 aromatic rings. The lowest BCUT2D eigenvalue weighted by atomic mass is 9.90. The third-order valence-electron chi connectivity index (χ3n) is 4.77. The average molecular weight is 329 g/mol. The van der Waals surface area contributed by atoms with Crippen LogP contribution in [0.15, 0.2) is 45.6 Å². The highest BCUT2D eigenvalue weighted by molar-refractivity contribution is 5.22. The highest BCUT2D eigenvalue weighted by atomic mass is 16.4. The van der Waals surface area contributed by atoms with E-state index in [2.05, 4.69) is 24.3 Å². The first-order valence-electron chi connectivity index (χ1n) is 8.47. The lowest BCUT2D eigenvalue weighted by molar-refractivity contribution is -0.920. The Morgan fingerprint density at radius 2 is 1.92 bits per heavy atom. The zero-order valence-electron chi connectivity index (χ0n) is 13.7. The molecule has 0 aliphatic carbocycles. The molecule has 0 amide bonds. The smallest absolute Gasteiger partial charge is 0.177 e. The fourth-order valence-corrected chi connectivity index (χ4v) is 3.42. The molecule has 2 heterocycles. The molecule has 5 heteroatoms. The van der Waals surface area contributed by atoms with E-state index in [0.29, 0.717) is 12.5 Å². The Kier molecular flexibility index (Phi) is 5.33. The molecular weight excluding hydrogens is 306 g/mol. The lowest BCUT2D eigenvalue weighted by Gasteiger charge is -2.29. The third-order valence-corrected chi connectivity index (χ3v) is 4.77. The third kappa shape index (κ3) is 4.04. The molecule has 0 bridgehead atoms. The standard InChI is InChI=1S/C19H23NO4/c21-13-16-11-17(22)19(23)18(24-16)12-20-8-6-15(7-9-20)10-14-4-2-1-3-5-14/h1-5,11,15,21,23H,6-10,12-13H2. The molecule has 3 rings (SSSR count). The van der Waals surface area contributed by atoms with Gasteiger partial charge in [-0.1, -0.05) is 30.3 Å². The summed E-state index contributed by atoms with van der Waals surface area (Å²) in [6.07, 6.45) is 3.29. The van der Waals surface area contributed by atoms with Gasteiger partial charge in [0, 0.05) is 6.07 Å². The Labute approximate surface area is 141 Å². The average Bonchev–Trinajstić information content (AvgIpc) is 2.61. The van der Waals surface area contributed by atoms with E-state index in [1.807, 2.05) is 6.07 Å². The van der Waals surface area contributed by atoms with E-state index in [0.717, 1.165) is 38.4 Å². The van der Waals surface area contributed by atoms with Crippen LogP contribution in [0.3, 0.4) is 0 Å². The second-order valence-corrected chi connectivity index (χ2v) is 6.55. The molecule has 1 aliphatic rings. The van der Waals surface area contributed by atoms with Gasteiger partial charge >= 0.3 is 0 Å². The predicted octanol–water partition coefficient (Wildman–Crippen LogP) is 0.243. The number of hydrogen-bond donors (Lipinski definition) is 2. The minimum Gasteiger partial charge on any atom is -0.867 e. The summed E-state index contributed by atoms with van der Waals surface area (Å²) in [5.41, 5.74) is 0.771. The van der Waals surface area contributed by atoms with Crippen LogP contribution >= 0.6 is 0 Å². The fraction of sp³-hybridized carbons (Fsp3) is 0.421. The van der Waals surface area contributed by atoms with E-state index >= 15 is 0 Å². The van der Waals surface area contributed by atoms with Crippen LogP contribution in [0, 0.1) is 5.92 Å². The largest absolute Gasteiger partial charge is 0.867 e. The van der Waals surface area contributed by atoms with Crippen LogP contribution in [-0.2, 0) is 19.6 Å². The van der Waals surface area contributed by atoms with Gasteiger partial charge in [-0.15, -0.1) is 0 Å². The molecule has 1 aromatic heterocycles. The zero-order valence-corrected chi connectivity index (χ0v) is 13.7. The topological polar surface area (TPSA) is 77.9 Å². The second kappa shape index (κ2) is 7.64. The number of likely N-dealkylation sites (tertiary alicyclic amines) is 1. The SMILES string of the molecule is O=c1cc(CO)oc(C[NH+]2CCC(Cc3ccccc3)CC2)c1[O-]. The minimum atomic E-state index is -0.598. The summed E-state index contributed by atoms with van der Waals surface area (Å²) in [5.74, 6) is 0.417. The van der Waals surface area contributed by atoms with Crippen molar-refractivity contribution in [3.8, 4) is 5.75 Å². The summed E-state index contributed by atoms with van der Waals surface area (Å²) in [4.78, 5) is 12.9. The van der Waals surface area contributed by atoms with Crippen LogP contribution in [0.2, 0.25) is 0 Å². The van der Waals surface area contributed by atoms with Crippen LogP contribution in [0.25, 0.3) is 0 Å². The first kappa shape index (κ1) is 16.7. The van der Waals surface area contributed by atoms with Crippen molar-refractivity contribution >= 4 is 0 Å². The van der Waals surface area contributed by atoms with E-state index in [-0.39, 0.29) is 18.1 Å².